The number of benzene rings is 1. The summed E-state index contributed by atoms with van der Waals surface area (Å²) in [6.45, 7) is 7.87. The van der Waals surface area contributed by atoms with E-state index in [1.807, 2.05) is 45.0 Å². The number of primary amides is 1. The predicted octanol–water partition coefficient (Wildman–Crippen LogP) is 0.937. The fourth-order valence-corrected chi connectivity index (χ4v) is 6.50. The molecule has 1 aliphatic carbocycles. The maximum atomic E-state index is 14.0. The normalized spacial score (nSPS) is 23.5. The molecule has 1 saturated heterocycles. The highest BCUT2D eigenvalue weighted by molar-refractivity contribution is 5.96. The summed E-state index contributed by atoms with van der Waals surface area (Å²) in [6, 6.07) is 3.69. The first-order valence-electron chi connectivity index (χ1n) is 14.5. The molecular formula is C30H44N6O5. The van der Waals surface area contributed by atoms with E-state index in [9.17, 15) is 24.3 Å². The number of hydrogen-bond donors (Lipinski definition) is 6. The molecule has 2 unspecified atom stereocenters. The molecule has 2 fully saturated rings. The maximum Gasteiger partial charge on any atom is 0.243 e. The van der Waals surface area contributed by atoms with E-state index in [1.165, 1.54) is 6.92 Å². The van der Waals surface area contributed by atoms with E-state index in [1.54, 1.807) is 11.1 Å². The van der Waals surface area contributed by atoms with Crippen LogP contribution in [0.25, 0.3) is 10.9 Å². The van der Waals surface area contributed by atoms with Gasteiger partial charge in [-0.2, -0.15) is 0 Å². The largest absolute Gasteiger partial charge is 0.391 e. The lowest BCUT2D eigenvalue weighted by molar-refractivity contribution is -0.142. The second-order valence-corrected chi connectivity index (χ2v) is 12.9. The number of aromatic nitrogens is 1. The summed E-state index contributed by atoms with van der Waals surface area (Å²) in [6.07, 6.45) is 3.86. The lowest BCUT2D eigenvalue weighted by Gasteiger charge is -2.32. The Balaban J connectivity index is 1.61. The minimum atomic E-state index is -1.33. The molecule has 11 heteroatoms. The van der Waals surface area contributed by atoms with Gasteiger partial charge in [-0.15, -0.1) is 0 Å². The second kappa shape index (κ2) is 12.2. The van der Waals surface area contributed by atoms with Crippen LogP contribution in [-0.4, -0.2) is 75.4 Å². The molecule has 4 amide bonds. The fourth-order valence-electron chi connectivity index (χ4n) is 6.50. The van der Waals surface area contributed by atoms with Gasteiger partial charge >= 0.3 is 0 Å². The van der Waals surface area contributed by atoms with E-state index in [4.69, 9.17) is 11.5 Å². The second-order valence-electron chi connectivity index (χ2n) is 12.9. The monoisotopic (exact) mass is 568 g/mol. The number of aliphatic hydroxyl groups is 1. The minimum absolute atomic E-state index is 0.0200. The van der Waals surface area contributed by atoms with Crippen molar-refractivity contribution in [2.45, 2.75) is 90.1 Å². The third-order valence-corrected chi connectivity index (χ3v) is 8.41. The number of likely N-dealkylation sites (tertiary alicyclic amines) is 1. The maximum absolute atomic E-state index is 14.0. The van der Waals surface area contributed by atoms with Gasteiger partial charge in [-0.05, 0) is 55.1 Å². The van der Waals surface area contributed by atoms with Crippen molar-refractivity contribution in [2.24, 2.45) is 28.7 Å². The van der Waals surface area contributed by atoms with Gasteiger partial charge in [-0.25, -0.2) is 0 Å². The summed E-state index contributed by atoms with van der Waals surface area (Å²) >= 11 is 0. The van der Waals surface area contributed by atoms with Gasteiger partial charge in [0, 0.05) is 30.1 Å². The van der Waals surface area contributed by atoms with E-state index in [0.717, 1.165) is 35.7 Å². The highest BCUT2D eigenvalue weighted by atomic mass is 16.3. The van der Waals surface area contributed by atoms with Gasteiger partial charge in [0.2, 0.25) is 23.6 Å². The Kier molecular flexibility index (Phi) is 9.08. The summed E-state index contributed by atoms with van der Waals surface area (Å²) in [5.41, 5.74) is 13.3. The number of nitrogens with one attached hydrogen (secondary N) is 3. The Bertz CT molecular complexity index is 1280. The quantitative estimate of drug-likeness (QED) is 0.248. The third kappa shape index (κ3) is 6.90. The number of H-pyrrole nitrogens is 1. The van der Waals surface area contributed by atoms with Crippen LogP contribution in [0, 0.1) is 17.3 Å². The van der Waals surface area contributed by atoms with Crippen molar-refractivity contribution in [3.05, 3.63) is 36.0 Å². The van der Waals surface area contributed by atoms with Crippen LogP contribution in [-0.2, 0) is 25.6 Å². The zero-order valence-electron chi connectivity index (χ0n) is 24.4. The molecule has 1 saturated carbocycles. The number of para-hydroxylation sites is 1. The first kappa shape index (κ1) is 30.5. The van der Waals surface area contributed by atoms with E-state index in [2.05, 4.69) is 15.6 Å². The van der Waals surface area contributed by atoms with E-state index >= 15 is 0 Å². The summed E-state index contributed by atoms with van der Waals surface area (Å²) in [4.78, 5) is 57.8. The van der Waals surface area contributed by atoms with Crippen LogP contribution in [0.4, 0.5) is 0 Å². The van der Waals surface area contributed by atoms with Crippen LogP contribution in [0.5, 0.6) is 0 Å². The number of amides is 4. The fraction of sp³-hybridized carbons (Fsp3) is 0.600. The molecule has 41 heavy (non-hydrogen) atoms. The van der Waals surface area contributed by atoms with Gasteiger partial charge in [0.05, 0.1) is 12.1 Å². The smallest absolute Gasteiger partial charge is 0.243 e. The predicted molar refractivity (Wildman–Crippen MR) is 155 cm³/mol. The first-order chi connectivity index (χ1) is 19.3. The Morgan fingerprint density at radius 1 is 1.15 bits per heavy atom. The van der Waals surface area contributed by atoms with Crippen LogP contribution in [0.15, 0.2) is 30.5 Å². The molecule has 0 spiro atoms. The van der Waals surface area contributed by atoms with Crippen molar-refractivity contribution in [1.82, 2.24) is 20.5 Å². The van der Waals surface area contributed by atoms with E-state index < -0.39 is 48.0 Å². The molecule has 1 aromatic carbocycles. The number of fused-ring (bicyclic) bond motifs is 2. The molecule has 8 N–H and O–H groups in total. The first-order valence-corrected chi connectivity index (χ1v) is 14.5. The number of aromatic amines is 1. The molecular weight excluding hydrogens is 524 g/mol. The summed E-state index contributed by atoms with van der Waals surface area (Å²) < 4.78 is 0. The van der Waals surface area contributed by atoms with Gasteiger partial charge in [0.25, 0.3) is 0 Å². The molecule has 11 nitrogen and oxygen atoms in total. The molecule has 1 aliphatic heterocycles. The zero-order chi connectivity index (χ0) is 30.1. The average Bonchev–Trinajstić information content (AvgIpc) is 3.59. The highest BCUT2D eigenvalue weighted by Crippen LogP contribution is 2.42. The number of aliphatic hydroxyl groups excluding tert-OH is 1. The molecule has 1 aromatic heterocycles. The van der Waals surface area contributed by atoms with Crippen molar-refractivity contribution in [1.29, 1.82) is 0 Å². The van der Waals surface area contributed by atoms with Gasteiger partial charge < -0.3 is 37.1 Å². The van der Waals surface area contributed by atoms with Crippen LogP contribution in [0.2, 0.25) is 0 Å². The summed E-state index contributed by atoms with van der Waals surface area (Å²) in [5.74, 6) is -2.05. The minimum Gasteiger partial charge on any atom is -0.391 e. The SMILES string of the molecule is C[C@@H](O)C(NC(=O)[C@H](Cc1c[nH]c2ccccc12)NC(=O)[C@@H]1[C@@H]2CCCC2CN1C(=O)[C@@H](N)CC(C)(C)C)C(N)=O. The van der Waals surface area contributed by atoms with E-state index in [-0.39, 0.29) is 29.6 Å². The molecule has 2 heterocycles. The third-order valence-electron chi connectivity index (χ3n) is 8.41. The number of hydrogen-bond acceptors (Lipinski definition) is 6. The molecule has 0 radical (unpaired) electrons. The zero-order valence-corrected chi connectivity index (χ0v) is 24.4. The number of rotatable bonds is 10. The Morgan fingerprint density at radius 3 is 2.51 bits per heavy atom. The van der Waals surface area contributed by atoms with Gasteiger partial charge in [0.15, 0.2) is 0 Å². The summed E-state index contributed by atoms with van der Waals surface area (Å²) in [5, 5.41) is 16.3. The van der Waals surface area contributed by atoms with E-state index in [0.29, 0.717) is 13.0 Å². The number of nitrogens with two attached hydrogens (primary N) is 2. The highest BCUT2D eigenvalue weighted by Gasteiger charge is 2.50. The van der Waals surface area contributed by atoms with Crippen LogP contribution in [0.1, 0.15) is 58.9 Å². The number of carbonyl (C=O) groups excluding carboxylic acids is 4. The molecule has 2 aromatic rings. The topological polar surface area (TPSA) is 184 Å². The van der Waals surface area contributed by atoms with Crippen LogP contribution in [0.3, 0.4) is 0 Å². The van der Waals surface area contributed by atoms with Crippen LogP contribution < -0.4 is 22.1 Å². The van der Waals surface area contributed by atoms with Crippen molar-refractivity contribution in [3.63, 3.8) is 0 Å². The van der Waals surface area contributed by atoms with Gasteiger partial charge in [-0.1, -0.05) is 45.4 Å². The molecule has 2 aliphatic rings. The Labute approximate surface area is 240 Å². The Morgan fingerprint density at radius 2 is 1.85 bits per heavy atom. The van der Waals surface area contributed by atoms with Gasteiger partial charge in [0.1, 0.15) is 18.1 Å². The van der Waals surface area contributed by atoms with Crippen molar-refractivity contribution < 1.29 is 24.3 Å². The lowest BCUT2D eigenvalue weighted by Crippen LogP contribution is -2.60. The van der Waals surface area contributed by atoms with Crippen molar-refractivity contribution in [3.8, 4) is 0 Å². The summed E-state index contributed by atoms with van der Waals surface area (Å²) in [7, 11) is 0. The molecule has 4 rings (SSSR count). The average molecular weight is 569 g/mol. The lowest BCUT2D eigenvalue weighted by atomic mass is 9.87. The van der Waals surface area contributed by atoms with Gasteiger partial charge in [-0.3, -0.25) is 19.2 Å². The molecule has 0 bridgehead atoms. The standard InChI is InChI=1S/C30H44N6O5/c1-16(37)24(26(32)38)35-27(39)23(12-18-14-33-22-11-6-5-9-19(18)22)34-28(40)25-20-10-7-8-17(20)15-36(25)29(41)21(31)13-30(2,3)4/h5-6,9,11,14,16-17,20-21,23-25,33,37H,7-8,10,12-13,15,31H2,1-4H3,(H2,32,38)(H,34,40)(H,35,39)/t16-,17?,20-,21+,23+,24?,25+/m1/s1. The number of nitrogens with zero attached hydrogens (tertiary/aromatic N) is 1. The molecule has 7 atom stereocenters. The van der Waals surface area contributed by atoms with Crippen molar-refractivity contribution in [2.75, 3.05) is 6.54 Å². The molecule has 224 valence electrons. The van der Waals surface area contributed by atoms with Crippen LogP contribution >= 0.6 is 0 Å². The van der Waals surface area contributed by atoms with Crippen molar-refractivity contribution >= 4 is 34.5 Å². The Hall–Kier alpha value is -3.44. The number of carbonyl (C=O) groups is 4.